The Balaban J connectivity index is 1.57. The molecule has 6 heteroatoms. The molecule has 0 radical (unpaired) electrons. The van der Waals surface area contributed by atoms with Crippen molar-refractivity contribution in [3.8, 4) is 0 Å². The molecule has 1 aromatic carbocycles. The molecule has 2 amide bonds. The topological polar surface area (TPSA) is 70.2 Å². The molecular weight excluding hydrogens is 326 g/mol. The van der Waals surface area contributed by atoms with Crippen molar-refractivity contribution in [1.29, 1.82) is 0 Å². The van der Waals surface area contributed by atoms with Gasteiger partial charge in [0.2, 0.25) is 5.95 Å². The lowest BCUT2D eigenvalue weighted by atomic mass is 10.1. The minimum Gasteiger partial charge on any atom is -0.341 e. The van der Waals surface area contributed by atoms with Gasteiger partial charge in [-0.2, -0.15) is 0 Å². The van der Waals surface area contributed by atoms with Crippen LogP contribution >= 0.6 is 0 Å². The third-order valence-corrected chi connectivity index (χ3v) is 4.58. The number of piperidine rings is 1. The highest BCUT2D eigenvalue weighted by Crippen LogP contribution is 2.16. The van der Waals surface area contributed by atoms with Crippen molar-refractivity contribution in [2.24, 2.45) is 0 Å². The van der Waals surface area contributed by atoms with Crippen LogP contribution in [0.3, 0.4) is 0 Å². The fourth-order valence-corrected chi connectivity index (χ4v) is 3.11. The number of aryl methyl sites for hydroxylation is 2. The number of nitrogens with zero attached hydrogens (tertiary/aromatic N) is 3. The maximum absolute atomic E-state index is 12.1. The minimum atomic E-state index is -0.231. The fraction of sp³-hybridized carbons (Fsp3) is 0.450. The van der Waals surface area contributed by atoms with Crippen LogP contribution in [0.25, 0.3) is 0 Å². The van der Waals surface area contributed by atoms with Crippen LogP contribution in [0.5, 0.6) is 0 Å². The molecule has 3 rings (SSSR count). The highest BCUT2D eigenvalue weighted by atomic mass is 16.2. The van der Waals surface area contributed by atoms with Gasteiger partial charge < -0.3 is 15.5 Å². The van der Waals surface area contributed by atoms with Gasteiger partial charge in [0.25, 0.3) is 0 Å². The quantitative estimate of drug-likeness (QED) is 0.861. The first-order valence-electron chi connectivity index (χ1n) is 9.37. The Morgan fingerprint density at radius 2 is 1.85 bits per heavy atom. The molecule has 0 unspecified atom stereocenters. The lowest BCUT2D eigenvalue weighted by Gasteiger charge is -2.27. The highest BCUT2D eigenvalue weighted by Gasteiger charge is 2.14. The lowest BCUT2D eigenvalue weighted by Crippen LogP contribution is -2.32. The number of urea groups is 1. The van der Waals surface area contributed by atoms with E-state index in [0.717, 1.165) is 42.5 Å². The molecule has 0 atom stereocenters. The maximum atomic E-state index is 12.1. The van der Waals surface area contributed by atoms with E-state index in [0.29, 0.717) is 6.54 Å². The van der Waals surface area contributed by atoms with Gasteiger partial charge >= 0.3 is 6.03 Å². The Hall–Kier alpha value is -2.63. The summed E-state index contributed by atoms with van der Waals surface area (Å²) >= 11 is 0. The first-order valence-corrected chi connectivity index (χ1v) is 9.37. The standard InChI is InChI=1S/C20H27N5O/c1-3-16-7-9-17(10-8-16)24-20(26)21-14-18-13-15(2)22-19(23-18)25-11-5-4-6-12-25/h7-10,13H,3-6,11-12,14H2,1-2H3,(H2,21,24,26). The number of hydrogen-bond donors (Lipinski definition) is 2. The van der Waals surface area contributed by atoms with Crippen molar-refractivity contribution in [2.75, 3.05) is 23.3 Å². The second kappa shape index (κ2) is 8.65. The summed E-state index contributed by atoms with van der Waals surface area (Å²) in [6.07, 6.45) is 4.63. The van der Waals surface area contributed by atoms with Gasteiger partial charge in [0.1, 0.15) is 0 Å². The molecule has 0 saturated carbocycles. The van der Waals surface area contributed by atoms with Gasteiger partial charge in [-0.1, -0.05) is 19.1 Å². The largest absolute Gasteiger partial charge is 0.341 e. The van der Waals surface area contributed by atoms with Gasteiger partial charge in [-0.15, -0.1) is 0 Å². The predicted octanol–water partition coefficient (Wildman–Crippen LogP) is 3.66. The van der Waals surface area contributed by atoms with Crippen LogP contribution in [-0.2, 0) is 13.0 Å². The molecule has 1 fully saturated rings. The zero-order valence-corrected chi connectivity index (χ0v) is 15.6. The van der Waals surface area contributed by atoms with Crippen molar-refractivity contribution < 1.29 is 4.79 Å². The number of hydrogen-bond acceptors (Lipinski definition) is 4. The summed E-state index contributed by atoms with van der Waals surface area (Å²) < 4.78 is 0. The lowest BCUT2D eigenvalue weighted by molar-refractivity contribution is 0.251. The molecule has 1 aromatic heterocycles. The van der Waals surface area contributed by atoms with E-state index >= 15 is 0 Å². The number of carbonyl (C=O) groups excluding carboxylic acids is 1. The molecule has 0 bridgehead atoms. The third-order valence-electron chi connectivity index (χ3n) is 4.58. The first kappa shape index (κ1) is 18.2. The molecule has 0 aliphatic carbocycles. The van der Waals surface area contributed by atoms with Crippen molar-refractivity contribution in [3.05, 3.63) is 47.3 Å². The zero-order valence-electron chi connectivity index (χ0n) is 15.6. The van der Waals surface area contributed by atoms with Gasteiger partial charge in [-0.25, -0.2) is 14.8 Å². The molecule has 2 N–H and O–H groups in total. The smallest absolute Gasteiger partial charge is 0.319 e. The number of anilines is 2. The van der Waals surface area contributed by atoms with E-state index in [1.165, 1.54) is 24.8 Å². The molecular formula is C20H27N5O. The summed E-state index contributed by atoms with van der Waals surface area (Å²) in [5.41, 5.74) is 3.78. The number of nitrogens with one attached hydrogen (secondary N) is 2. The summed E-state index contributed by atoms with van der Waals surface area (Å²) in [6, 6.07) is 9.57. The average molecular weight is 353 g/mol. The predicted molar refractivity (Wildman–Crippen MR) is 105 cm³/mol. The second-order valence-electron chi connectivity index (χ2n) is 6.71. The van der Waals surface area contributed by atoms with E-state index in [-0.39, 0.29) is 6.03 Å². The summed E-state index contributed by atoms with van der Waals surface area (Å²) in [6.45, 7) is 6.46. The van der Waals surface area contributed by atoms with Crippen LogP contribution in [0.15, 0.2) is 30.3 Å². The molecule has 0 spiro atoms. The van der Waals surface area contributed by atoms with Gasteiger partial charge in [-0.05, 0) is 56.4 Å². The van der Waals surface area contributed by atoms with E-state index in [2.05, 4.69) is 32.4 Å². The number of benzene rings is 1. The summed E-state index contributed by atoms with van der Waals surface area (Å²) in [5, 5.41) is 5.73. The van der Waals surface area contributed by atoms with Crippen molar-refractivity contribution >= 4 is 17.7 Å². The zero-order chi connectivity index (χ0) is 18.4. The van der Waals surface area contributed by atoms with Crippen molar-refractivity contribution in [3.63, 3.8) is 0 Å². The third kappa shape index (κ3) is 4.94. The monoisotopic (exact) mass is 353 g/mol. The number of aromatic nitrogens is 2. The van der Waals surface area contributed by atoms with Crippen molar-refractivity contribution in [2.45, 2.75) is 46.1 Å². The van der Waals surface area contributed by atoms with Gasteiger partial charge in [-0.3, -0.25) is 0 Å². The second-order valence-corrected chi connectivity index (χ2v) is 6.71. The number of amides is 2. The van der Waals surface area contributed by atoms with Gasteiger partial charge in [0, 0.05) is 24.5 Å². The molecule has 1 aliphatic rings. The van der Waals surface area contributed by atoms with Crippen LogP contribution in [-0.4, -0.2) is 29.1 Å². The number of carbonyl (C=O) groups is 1. The van der Waals surface area contributed by atoms with Crippen LogP contribution < -0.4 is 15.5 Å². The van der Waals surface area contributed by atoms with E-state index in [4.69, 9.17) is 0 Å². The molecule has 138 valence electrons. The Kier molecular flexibility index (Phi) is 6.04. The van der Waals surface area contributed by atoms with E-state index in [1.807, 2.05) is 37.3 Å². The number of rotatable bonds is 5. The summed E-state index contributed by atoms with van der Waals surface area (Å²) in [7, 11) is 0. The maximum Gasteiger partial charge on any atom is 0.319 e. The fourth-order valence-electron chi connectivity index (χ4n) is 3.11. The molecule has 26 heavy (non-hydrogen) atoms. The molecule has 6 nitrogen and oxygen atoms in total. The first-order chi connectivity index (χ1) is 12.6. The Morgan fingerprint density at radius 3 is 2.54 bits per heavy atom. The molecule has 2 aromatic rings. The van der Waals surface area contributed by atoms with Crippen LogP contribution in [0.4, 0.5) is 16.4 Å². The van der Waals surface area contributed by atoms with Gasteiger partial charge in [0.15, 0.2) is 0 Å². The Bertz CT molecular complexity index is 738. The molecule has 1 saturated heterocycles. The minimum absolute atomic E-state index is 0.231. The summed E-state index contributed by atoms with van der Waals surface area (Å²) in [5.74, 6) is 0.775. The molecule has 1 aliphatic heterocycles. The Labute approximate surface area is 155 Å². The normalized spacial score (nSPS) is 14.2. The van der Waals surface area contributed by atoms with Crippen molar-refractivity contribution in [1.82, 2.24) is 15.3 Å². The SMILES string of the molecule is CCc1ccc(NC(=O)NCc2cc(C)nc(N3CCCCC3)n2)cc1. The van der Waals surface area contributed by atoms with Crippen LogP contribution in [0.1, 0.15) is 43.1 Å². The highest BCUT2D eigenvalue weighted by molar-refractivity contribution is 5.89. The van der Waals surface area contributed by atoms with Gasteiger partial charge in [0.05, 0.1) is 12.2 Å². The van der Waals surface area contributed by atoms with E-state index in [1.54, 1.807) is 0 Å². The van der Waals surface area contributed by atoms with E-state index < -0.39 is 0 Å². The summed E-state index contributed by atoms with van der Waals surface area (Å²) in [4.78, 5) is 23.6. The Morgan fingerprint density at radius 1 is 1.12 bits per heavy atom. The van der Waals surface area contributed by atoms with Crippen LogP contribution in [0.2, 0.25) is 0 Å². The molecule has 2 heterocycles. The van der Waals surface area contributed by atoms with Crippen LogP contribution in [0, 0.1) is 6.92 Å². The average Bonchev–Trinajstić information content (AvgIpc) is 2.67. The van der Waals surface area contributed by atoms with E-state index in [9.17, 15) is 4.79 Å².